The standard InChI is InChI=1S/C25H21BrN4O3S/c1-3-5-13-33-17-9-6-15(7-10-17)22-27-25-30(28-22)24(32)21(34-25)20-18-14-16(26)8-11-19(18)29(12-4-2)23(20)31/h4,6-11,14H,2-3,5,12-13H2,1H3/b21-20-. The van der Waals surface area contributed by atoms with E-state index in [1.165, 1.54) is 15.9 Å². The van der Waals surface area contributed by atoms with Gasteiger partial charge in [0, 0.05) is 22.1 Å². The van der Waals surface area contributed by atoms with Gasteiger partial charge in [0.2, 0.25) is 4.96 Å². The van der Waals surface area contributed by atoms with E-state index in [0.717, 1.165) is 34.3 Å². The lowest BCUT2D eigenvalue weighted by Gasteiger charge is -2.14. The average Bonchev–Trinajstić information content (AvgIpc) is 3.46. The van der Waals surface area contributed by atoms with Gasteiger partial charge in [-0.1, -0.05) is 46.7 Å². The first-order valence-corrected chi connectivity index (χ1v) is 12.5. The summed E-state index contributed by atoms with van der Waals surface area (Å²) in [5.41, 5.74) is 2.27. The topological polar surface area (TPSA) is 76.8 Å². The van der Waals surface area contributed by atoms with Crippen molar-refractivity contribution in [3.8, 4) is 17.1 Å². The number of nitrogens with zero attached hydrogens (tertiary/aromatic N) is 4. The van der Waals surface area contributed by atoms with E-state index in [1.807, 2.05) is 42.5 Å². The number of ether oxygens (including phenoxy) is 1. The molecular weight excluding hydrogens is 516 g/mol. The molecular formula is C25H21BrN4O3S. The summed E-state index contributed by atoms with van der Waals surface area (Å²) < 4.78 is 8.13. The minimum absolute atomic E-state index is 0.228. The molecule has 2 aromatic carbocycles. The minimum Gasteiger partial charge on any atom is -0.494 e. The summed E-state index contributed by atoms with van der Waals surface area (Å²) in [5, 5.41) is 4.43. The Morgan fingerprint density at radius 1 is 1.18 bits per heavy atom. The van der Waals surface area contributed by atoms with Crippen LogP contribution in [0.4, 0.5) is 5.69 Å². The zero-order valence-electron chi connectivity index (χ0n) is 18.5. The van der Waals surface area contributed by atoms with E-state index in [1.54, 1.807) is 11.0 Å². The number of rotatable bonds is 7. The van der Waals surface area contributed by atoms with E-state index in [2.05, 4.69) is 39.5 Å². The molecule has 0 saturated carbocycles. The Morgan fingerprint density at radius 3 is 2.68 bits per heavy atom. The molecule has 0 aliphatic carbocycles. The SMILES string of the molecule is C=CCN1C(=O)/C(=c2\sc3nc(-c4ccc(OCCCC)cc4)nn3c2=O)c2cc(Br)ccc21. The highest BCUT2D eigenvalue weighted by Crippen LogP contribution is 2.37. The Hall–Kier alpha value is -3.30. The van der Waals surface area contributed by atoms with Crippen LogP contribution in [-0.4, -0.2) is 33.7 Å². The second-order valence-corrected chi connectivity index (χ2v) is 9.73. The number of hydrogen-bond acceptors (Lipinski definition) is 6. The van der Waals surface area contributed by atoms with Gasteiger partial charge in [0.25, 0.3) is 11.5 Å². The Morgan fingerprint density at radius 2 is 1.97 bits per heavy atom. The summed E-state index contributed by atoms with van der Waals surface area (Å²) in [4.78, 5) is 33.2. The summed E-state index contributed by atoms with van der Waals surface area (Å²) in [6, 6.07) is 13.1. The third-order valence-electron chi connectivity index (χ3n) is 5.55. The number of thiazole rings is 1. The van der Waals surface area contributed by atoms with Crippen LogP contribution in [0, 0.1) is 0 Å². The van der Waals surface area contributed by atoms with Gasteiger partial charge >= 0.3 is 0 Å². The Bertz CT molecular complexity index is 1520. The van der Waals surface area contributed by atoms with Crippen LogP contribution < -0.4 is 19.7 Å². The number of hydrogen-bond donors (Lipinski definition) is 0. The van der Waals surface area contributed by atoms with E-state index < -0.39 is 0 Å². The first-order valence-electron chi connectivity index (χ1n) is 10.9. The fourth-order valence-electron chi connectivity index (χ4n) is 3.88. The molecule has 34 heavy (non-hydrogen) atoms. The molecule has 2 aromatic heterocycles. The highest BCUT2D eigenvalue weighted by Gasteiger charge is 2.34. The van der Waals surface area contributed by atoms with Gasteiger partial charge in [-0.05, 0) is 48.9 Å². The third-order valence-corrected chi connectivity index (χ3v) is 7.08. The van der Waals surface area contributed by atoms with E-state index in [4.69, 9.17) is 4.74 Å². The molecule has 0 radical (unpaired) electrons. The van der Waals surface area contributed by atoms with Crippen molar-refractivity contribution < 1.29 is 9.53 Å². The molecule has 1 amide bonds. The lowest BCUT2D eigenvalue weighted by atomic mass is 10.1. The van der Waals surface area contributed by atoms with Crippen molar-refractivity contribution in [2.45, 2.75) is 19.8 Å². The van der Waals surface area contributed by atoms with Crippen LogP contribution in [0.5, 0.6) is 5.75 Å². The maximum atomic E-state index is 13.3. The minimum atomic E-state index is -0.354. The van der Waals surface area contributed by atoms with Crippen molar-refractivity contribution in [1.29, 1.82) is 0 Å². The van der Waals surface area contributed by atoms with E-state index in [-0.39, 0.29) is 11.5 Å². The van der Waals surface area contributed by atoms with Crippen molar-refractivity contribution >= 4 is 49.4 Å². The molecule has 0 spiro atoms. The van der Waals surface area contributed by atoms with Gasteiger partial charge in [-0.25, -0.2) is 0 Å². The van der Waals surface area contributed by atoms with Crippen LogP contribution >= 0.6 is 27.3 Å². The Balaban J connectivity index is 1.56. The second kappa shape index (κ2) is 9.15. The van der Waals surface area contributed by atoms with Gasteiger partial charge in [0.05, 0.1) is 17.9 Å². The molecule has 0 bridgehead atoms. The maximum Gasteiger partial charge on any atom is 0.291 e. The number of anilines is 1. The Kier molecular flexibility index (Phi) is 6.05. The largest absolute Gasteiger partial charge is 0.494 e. The number of unbranched alkanes of at least 4 members (excludes halogenated alkanes) is 1. The van der Waals surface area contributed by atoms with Gasteiger partial charge < -0.3 is 9.64 Å². The van der Waals surface area contributed by atoms with Gasteiger partial charge in [-0.3, -0.25) is 9.59 Å². The molecule has 3 heterocycles. The van der Waals surface area contributed by atoms with Gasteiger partial charge in [-0.15, -0.1) is 11.7 Å². The molecule has 0 N–H and O–H groups in total. The highest BCUT2D eigenvalue weighted by molar-refractivity contribution is 9.10. The summed E-state index contributed by atoms with van der Waals surface area (Å²) in [6.45, 7) is 6.90. The van der Waals surface area contributed by atoms with Crippen LogP contribution in [0.25, 0.3) is 21.9 Å². The monoisotopic (exact) mass is 536 g/mol. The maximum absolute atomic E-state index is 13.3. The molecule has 9 heteroatoms. The second-order valence-electron chi connectivity index (χ2n) is 7.83. The molecule has 172 valence electrons. The fourth-order valence-corrected chi connectivity index (χ4v) is 5.23. The molecule has 1 aliphatic rings. The number of aromatic nitrogens is 3. The molecule has 4 aromatic rings. The lowest BCUT2D eigenvalue weighted by molar-refractivity contribution is -0.112. The third kappa shape index (κ3) is 3.84. The van der Waals surface area contributed by atoms with E-state index in [0.29, 0.717) is 39.6 Å². The van der Waals surface area contributed by atoms with Crippen LogP contribution in [-0.2, 0) is 4.79 Å². The van der Waals surface area contributed by atoms with E-state index >= 15 is 0 Å². The molecule has 0 fully saturated rings. The molecule has 7 nitrogen and oxygen atoms in total. The molecule has 0 saturated heterocycles. The van der Waals surface area contributed by atoms with Gasteiger partial charge in [0.1, 0.15) is 10.3 Å². The number of halogens is 1. The average molecular weight is 537 g/mol. The molecule has 1 aliphatic heterocycles. The first-order chi connectivity index (χ1) is 16.5. The number of carbonyl (C=O) groups is 1. The van der Waals surface area contributed by atoms with Gasteiger partial charge in [0.15, 0.2) is 5.82 Å². The predicted molar refractivity (Wildman–Crippen MR) is 137 cm³/mol. The van der Waals surface area contributed by atoms with Gasteiger partial charge in [-0.2, -0.15) is 9.50 Å². The first kappa shape index (κ1) is 22.5. The van der Waals surface area contributed by atoms with Crippen molar-refractivity contribution in [3.05, 3.63) is 80.0 Å². The summed E-state index contributed by atoms with van der Waals surface area (Å²) in [5.74, 6) is 1.01. The number of fused-ring (bicyclic) bond motifs is 2. The smallest absolute Gasteiger partial charge is 0.291 e. The summed E-state index contributed by atoms with van der Waals surface area (Å²) in [7, 11) is 0. The van der Waals surface area contributed by atoms with Crippen molar-refractivity contribution in [2.75, 3.05) is 18.1 Å². The van der Waals surface area contributed by atoms with Crippen LogP contribution in [0.3, 0.4) is 0 Å². The zero-order chi connectivity index (χ0) is 23.8. The quantitative estimate of drug-likeness (QED) is 0.261. The van der Waals surface area contributed by atoms with Crippen LogP contribution in [0.1, 0.15) is 25.3 Å². The number of benzene rings is 2. The predicted octanol–water partition coefficient (Wildman–Crippen LogP) is 4.21. The highest BCUT2D eigenvalue weighted by atomic mass is 79.9. The van der Waals surface area contributed by atoms with Crippen molar-refractivity contribution in [2.24, 2.45) is 0 Å². The molecule has 0 atom stereocenters. The number of amides is 1. The normalized spacial score (nSPS) is 14.6. The van der Waals surface area contributed by atoms with E-state index in [9.17, 15) is 9.59 Å². The summed E-state index contributed by atoms with van der Waals surface area (Å²) >= 11 is 4.64. The number of carbonyl (C=O) groups excluding carboxylic acids is 1. The van der Waals surface area contributed by atoms with Crippen LogP contribution in [0.15, 0.2) is 64.4 Å². The lowest BCUT2D eigenvalue weighted by Crippen LogP contribution is -2.32. The summed E-state index contributed by atoms with van der Waals surface area (Å²) in [6.07, 6.45) is 3.75. The zero-order valence-corrected chi connectivity index (χ0v) is 20.9. The molecule has 5 rings (SSSR count). The fraction of sp³-hybridized carbons (Fsp3) is 0.200. The Labute approximate surface area is 208 Å². The molecule has 0 unspecified atom stereocenters. The van der Waals surface area contributed by atoms with Crippen molar-refractivity contribution in [1.82, 2.24) is 14.6 Å². The van der Waals surface area contributed by atoms with Crippen molar-refractivity contribution in [3.63, 3.8) is 0 Å². The van der Waals surface area contributed by atoms with Crippen LogP contribution in [0.2, 0.25) is 0 Å².